The third-order valence-corrected chi connectivity index (χ3v) is 10.1. The average Bonchev–Trinajstić information content (AvgIpc) is 3.68. The molecule has 2 aromatic carbocycles. The van der Waals surface area contributed by atoms with Crippen molar-refractivity contribution in [1.82, 2.24) is 19.9 Å². The summed E-state index contributed by atoms with van der Waals surface area (Å²) in [7, 11) is 1.82. The van der Waals surface area contributed by atoms with Gasteiger partial charge in [-0.3, -0.25) is 4.90 Å². The van der Waals surface area contributed by atoms with Gasteiger partial charge in [0.15, 0.2) is 11.6 Å². The minimum absolute atomic E-state index is 0.396. The van der Waals surface area contributed by atoms with E-state index in [0.29, 0.717) is 5.92 Å². The van der Waals surface area contributed by atoms with Crippen molar-refractivity contribution in [2.45, 2.75) is 31.4 Å². The number of benzene rings is 2. The number of ether oxygens (including phenoxy) is 2. The highest BCUT2D eigenvalue weighted by Crippen LogP contribution is 2.38. The lowest BCUT2D eigenvalue weighted by molar-refractivity contribution is -0.0425. The summed E-state index contributed by atoms with van der Waals surface area (Å²) in [5.74, 6) is 2.24. The van der Waals surface area contributed by atoms with Crippen LogP contribution in [0.4, 0.5) is 5.82 Å². The molecule has 7 rings (SSSR count). The van der Waals surface area contributed by atoms with E-state index in [-0.39, 0.29) is 0 Å². The Morgan fingerprint density at radius 2 is 1.83 bits per heavy atom. The molecule has 2 aliphatic rings. The van der Waals surface area contributed by atoms with Crippen molar-refractivity contribution in [2.24, 2.45) is 5.92 Å². The van der Waals surface area contributed by atoms with Crippen molar-refractivity contribution in [3.05, 3.63) is 84.2 Å². The Kier molecular flexibility index (Phi) is 7.71. The fraction of sp³-hybridized carbons (Fsp3) is 0.382. The molecule has 0 bridgehead atoms. The zero-order valence-electron chi connectivity index (χ0n) is 24.2. The van der Waals surface area contributed by atoms with E-state index in [2.05, 4.69) is 82.4 Å². The molecule has 1 unspecified atom stereocenters. The third-order valence-electron chi connectivity index (χ3n) is 9.01. The predicted octanol–water partition coefficient (Wildman–Crippen LogP) is 6.35. The number of likely N-dealkylation sites (tertiary alicyclic amines) is 1. The summed E-state index contributed by atoms with van der Waals surface area (Å²) in [6.45, 7) is 10.7. The van der Waals surface area contributed by atoms with E-state index < -0.39 is 5.60 Å². The van der Waals surface area contributed by atoms with Gasteiger partial charge in [0.2, 0.25) is 0 Å². The maximum atomic E-state index is 6.06. The summed E-state index contributed by atoms with van der Waals surface area (Å²) in [4.78, 5) is 19.9. The van der Waals surface area contributed by atoms with Gasteiger partial charge in [0.05, 0.1) is 29.0 Å². The largest absolute Gasteiger partial charge is 0.378 e. The van der Waals surface area contributed by atoms with E-state index in [1.807, 2.05) is 24.6 Å². The van der Waals surface area contributed by atoms with Crippen LogP contribution < -0.4 is 4.90 Å². The second-order valence-electron chi connectivity index (χ2n) is 11.6. The fourth-order valence-electron chi connectivity index (χ4n) is 6.59. The molecule has 1 N–H and O–H groups in total. The summed E-state index contributed by atoms with van der Waals surface area (Å²) < 4.78 is 12.9. The molecule has 1 radical (unpaired) electrons. The number of thiophene rings is 1. The SMILES string of the molecule is [CH2]C(Cc1ccccc1)(OC)C1CCN(Cc2cc3nc(-c4cccc5[nH]ccc45)nc(N4CCOCC4)c3s2)CC1. The van der Waals surface area contributed by atoms with Gasteiger partial charge in [-0.15, -0.1) is 11.3 Å². The summed E-state index contributed by atoms with van der Waals surface area (Å²) >= 11 is 1.84. The Morgan fingerprint density at radius 1 is 1.02 bits per heavy atom. The first kappa shape index (κ1) is 27.5. The van der Waals surface area contributed by atoms with Crippen LogP contribution in [0.2, 0.25) is 0 Å². The molecule has 0 amide bonds. The molecule has 5 heterocycles. The van der Waals surface area contributed by atoms with E-state index >= 15 is 0 Å². The Balaban J connectivity index is 1.12. The lowest BCUT2D eigenvalue weighted by Gasteiger charge is -2.42. The molecule has 0 aliphatic carbocycles. The predicted molar refractivity (Wildman–Crippen MR) is 171 cm³/mol. The van der Waals surface area contributed by atoms with Crippen molar-refractivity contribution in [1.29, 1.82) is 0 Å². The fourth-order valence-corrected chi connectivity index (χ4v) is 7.75. The van der Waals surface area contributed by atoms with Crippen molar-refractivity contribution < 1.29 is 9.47 Å². The quantitative estimate of drug-likeness (QED) is 0.231. The lowest BCUT2D eigenvalue weighted by Crippen LogP contribution is -2.46. The molecule has 2 saturated heterocycles. The summed E-state index contributed by atoms with van der Waals surface area (Å²) in [5, 5.41) is 1.15. The Labute approximate surface area is 251 Å². The zero-order chi connectivity index (χ0) is 28.5. The number of aromatic nitrogens is 3. The molecule has 2 aliphatic heterocycles. The summed E-state index contributed by atoms with van der Waals surface area (Å²) in [5.41, 5.74) is 4.08. The average molecular weight is 581 g/mol. The van der Waals surface area contributed by atoms with Crippen LogP contribution in [0.1, 0.15) is 23.3 Å². The van der Waals surface area contributed by atoms with Gasteiger partial charge in [0.1, 0.15) is 0 Å². The van der Waals surface area contributed by atoms with Crippen LogP contribution in [0.5, 0.6) is 0 Å². The van der Waals surface area contributed by atoms with Crippen molar-refractivity contribution >= 4 is 38.3 Å². The van der Waals surface area contributed by atoms with Gasteiger partial charge in [-0.05, 0) is 62.5 Å². The minimum Gasteiger partial charge on any atom is -0.378 e. The van der Waals surface area contributed by atoms with Gasteiger partial charge in [-0.25, -0.2) is 9.97 Å². The normalized spacial score (nSPS) is 18.6. The van der Waals surface area contributed by atoms with Crippen LogP contribution in [-0.4, -0.2) is 72.0 Å². The highest BCUT2D eigenvalue weighted by molar-refractivity contribution is 7.19. The number of H-pyrrole nitrogens is 1. The standard InChI is InChI=1S/C34H38N5O2S/c1-34(40-2,22-24-7-4-3-5-8-24)25-12-15-38(16-13-25)23-26-21-30-31(42-26)33(39-17-19-41-20-18-39)37-32(36-30)28-9-6-10-29-27(28)11-14-35-29/h3-11,14,21,25,35H,1,12-13,15-20,22-23H2,2H3. The van der Waals surface area contributed by atoms with Crippen LogP contribution in [0, 0.1) is 12.8 Å². The van der Waals surface area contributed by atoms with Crippen LogP contribution in [0.3, 0.4) is 0 Å². The van der Waals surface area contributed by atoms with Crippen molar-refractivity contribution in [3.63, 3.8) is 0 Å². The van der Waals surface area contributed by atoms with Gasteiger partial charge in [-0.1, -0.05) is 42.5 Å². The van der Waals surface area contributed by atoms with Gasteiger partial charge in [0.25, 0.3) is 0 Å². The second kappa shape index (κ2) is 11.8. The number of piperidine rings is 1. The second-order valence-corrected chi connectivity index (χ2v) is 12.8. The molecule has 0 spiro atoms. The Hall–Kier alpha value is -3.30. The zero-order valence-corrected chi connectivity index (χ0v) is 25.0. The molecule has 8 heteroatoms. The monoisotopic (exact) mass is 580 g/mol. The van der Waals surface area contributed by atoms with E-state index in [4.69, 9.17) is 19.4 Å². The maximum absolute atomic E-state index is 6.06. The maximum Gasteiger partial charge on any atom is 0.162 e. The molecule has 3 aromatic heterocycles. The van der Waals surface area contributed by atoms with Gasteiger partial charge >= 0.3 is 0 Å². The van der Waals surface area contributed by atoms with E-state index in [1.165, 1.54) is 15.1 Å². The highest BCUT2D eigenvalue weighted by Gasteiger charge is 2.37. The van der Waals surface area contributed by atoms with Gasteiger partial charge in [-0.2, -0.15) is 0 Å². The van der Waals surface area contributed by atoms with E-state index in [1.54, 1.807) is 0 Å². The summed E-state index contributed by atoms with van der Waals surface area (Å²) in [6.07, 6.45) is 4.99. The number of aromatic amines is 1. The number of nitrogens with zero attached hydrogens (tertiary/aromatic N) is 4. The Morgan fingerprint density at radius 3 is 2.62 bits per heavy atom. The molecule has 5 aromatic rings. The van der Waals surface area contributed by atoms with Crippen molar-refractivity contribution in [2.75, 3.05) is 51.4 Å². The number of hydrogen-bond acceptors (Lipinski definition) is 7. The minimum atomic E-state index is -0.396. The number of nitrogens with one attached hydrogen (secondary N) is 1. The topological polar surface area (TPSA) is 66.5 Å². The third kappa shape index (κ3) is 5.44. The molecule has 2 fully saturated rings. The molecular formula is C34H38N5O2S. The summed E-state index contributed by atoms with van der Waals surface area (Å²) in [6, 6.07) is 21.3. The van der Waals surface area contributed by atoms with Crippen LogP contribution >= 0.6 is 11.3 Å². The first-order chi connectivity index (χ1) is 20.6. The number of methoxy groups -OCH3 is 1. The molecule has 42 heavy (non-hydrogen) atoms. The Bertz CT molecular complexity index is 1650. The molecule has 217 valence electrons. The van der Waals surface area contributed by atoms with Gasteiger partial charge < -0.3 is 19.4 Å². The van der Waals surface area contributed by atoms with Crippen LogP contribution in [0.25, 0.3) is 32.5 Å². The number of fused-ring (bicyclic) bond motifs is 2. The molecule has 7 nitrogen and oxygen atoms in total. The van der Waals surface area contributed by atoms with E-state index in [9.17, 15) is 0 Å². The number of morpholine rings is 1. The number of rotatable bonds is 8. The molecular weight excluding hydrogens is 542 g/mol. The lowest BCUT2D eigenvalue weighted by atomic mass is 9.78. The number of anilines is 1. The van der Waals surface area contributed by atoms with Crippen LogP contribution in [0.15, 0.2) is 66.9 Å². The van der Waals surface area contributed by atoms with Crippen LogP contribution in [-0.2, 0) is 22.4 Å². The number of hydrogen-bond donors (Lipinski definition) is 1. The van der Waals surface area contributed by atoms with Gasteiger partial charge in [0, 0.05) is 60.7 Å². The van der Waals surface area contributed by atoms with Crippen molar-refractivity contribution in [3.8, 4) is 11.4 Å². The first-order valence-corrected chi connectivity index (χ1v) is 15.8. The molecule has 1 atom stereocenters. The first-order valence-electron chi connectivity index (χ1n) is 15.0. The highest BCUT2D eigenvalue weighted by atomic mass is 32.1. The van der Waals surface area contributed by atoms with E-state index in [0.717, 1.165) is 98.8 Å². The smallest absolute Gasteiger partial charge is 0.162 e. The molecule has 0 saturated carbocycles.